The van der Waals surface area contributed by atoms with Gasteiger partial charge in [-0.3, -0.25) is 4.79 Å². The highest BCUT2D eigenvalue weighted by Crippen LogP contribution is 2.25. The van der Waals surface area contributed by atoms with Gasteiger partial charge in [0.25, 0.3) is 0 Å². The Balaban J connectivity index is 1.82. The number of nitrogens with zero attached hydrogens (tertiary/aromatic N) is 2. The van der Waals surface area contributed by atoms with E-state index in [4.69, 9.17) is 9.47 Å². The fourth-order valence-electron chi connectivity index (χ4n) is 3.67. The normalized spacial score (nSPS) is 11.9. The fourth-order valence-corrected chi connectivity index (χ4v) is 3.67. The Bertz CT molecular complexity index is 778. The van der Waals surface area contributed by atoms with Gasteiger partial charge in [0.15, 0.2) is 5.82 Å². The van der Waals surface area contributed by atoms with Crippen LogP contribution in [0.4, 0.5) is 0 Å². The highest BCUT2D eigenvalue weighted by atomic mass is 16.5. The molecule has 1 unspecified atom stereocenters. The Morgan fingerprint density at radius 1 is 0.848 bits per heavy atom. The third-order valence-electron chi connectivity index (χ3n) is 5.63. The number of hydrogen-bond donors (Lipinski definition) is 1. The molecule has 6 heteroatoms. The van der Waals surface area contributed by atoms with Crippen LogP contribution < -0.4 is 4.74 Å². The van der Waals surface area contributed by atoms with Crippen molar-refractivity contribution in [1.82, 2.24) is 9.97 Å². The minimum absolute atomic E-state index is 0.548. The highest BCUT2D eigenvalue weighted by Gasteiger charge is 2.20. The van der Waals surface area contributed by atoms with E-state index in [9.17, 15) is 9.90 Å². The summed E-state index contributed by atoms with van der Waals surface area (Å²) in [7, 11) is 0. The van der Waals surface area contributed by atoms with Crippen LogP contribution in [0.2, 0.25) is 0 Å². The zero-order valence-corrected chi connectivity index (χ0v) is 20.3. The van der Waals surface area contributed by atoms with Crippen LogP contribution in [0.25, 0.3) is 11.4 Å². The molecule has 0 saturated carbocycles. The highest BCUT2D eigenvalue weighted by molar-refractivity contribution is 5.75. The van der Waals surface area contributed by atoms with Gasteiger partial charge >= 0.3 is 5.97 Å². The van der Waals surface area contributed by atoms with Crippen molar-refractivity contribution < 1.29 is 19.4 Å². The molecular formula is C27H40N2O4. The summed E-state index contributed by atoms with van der Waals surface area (Å²) < 4.78 is 11.3. The van der Waals surface area contributed by atoms with Crippen LogP contribution in [0.5, 0.6) is 5.75 Å². The topological polar surface area (TPSA) is 81.5 Å². The lowest BCUT2D eigenvalue weighted by Gasteiger charge is -2.12. The van der Waals surface area contributed by atoms with Gasteiger partial charge in [-0.1, -0.05) is 52.4 Å². The van der Waals surface area contributed by atoms with Crippen LogP contribution in [0.3, 0.4) is 0 Å². The Morgan fingerprint density at radius 3 is 2.18 bits per heavy atom. The molecule has 6 nitrogen and oxygen atoms in total. The van der Waals surface area contributed by atoms with Gasteiger partial charge in [0, 0.05) is 36.7 Å². The van der Waals surface area contributed by atoms with E-state index in [1.807, 2.05) is 24.3 Å². The van der Waals surface area contributed by atoms with Gasteiger partial charge in [0.05, 0.1) is 12.5 Å². The maximum absolute atomic E-state index is 11.8. The number of carboxylic acid groups (broad SMARTS) is 1. The van der Waals surface area contributed by atoms with E-state index in [0.717, 1.165) is 56.6 Å². The first-order valence-corrected chi connectivity index (χ1v) is 12.5. The molecule has 1 atom stereocenters. The number of rotatable bonds is 18. The lowest BCUT2D eigenvalue weighted by molar-refractivity contribution is -0.139. The van der Waals surface area contributed by atoms with Crippen molar-refractivity contribution in [3.05, 3.63) is 42.2 Å². The summed E-state index contributed by atoms with van der Waals surface area (Å²) in [5.74, 6) is 0.0449. The summed E-state index contributed by atoms with van der Waals surface area (Å²) in [6, 6.07) is 7.69. The van der Waals surface area contributed by atoms with Crippen molar-refractivity contribution in [2.75, 3.05) is 19.8 Å². The number of aliphatic carboxylic acids is 1. The monoisotopic (exact) mass is 456 g/mol. The minimum atomic E-state index is -0.807. The second-order valence-corrected chi connectivity index (χ2v) is 8.48. The van der Waals surface area contributed by atoms with Gasteiger partial charge in [-0.2, -0.15) is 0 Å². The van der Waals surface area contributed by atoms with Crippen molar-refractivity contribution in [3.63, 3.8) is 0 Å². The SMILES string of the molecule is CCCCCCCCC(C(=O)O)c1cnc(-c2ccc(OCCCCOCCC)cc2)nc1. The lowest BCUT2D eigenvalue weighted by Crippen LogP contribution is -2.12. The molecule has 0 aliphatic carbocycles. The molecule has 1 aromatic heterocycles. The third-order valence-corrected chi connectivity index (χ3v) is 5.63. The zero-order chi connectivity index (χ0) is 23.7. The predicted molar refractivity (Wildman–Crippen MR) is 132 cm³/mol. The Morgan fingerprint density at radius 2 is 1.52 bits per heavy atom. The maximum atomic E-state index is 11.8. The standard InChI is InChI=1S/C27H40N2O4/c1-3-5-6-7-8-9-12-25(27(30)31)23-20-28-26(29-21-23)22-13-15-24(16-14-22)33-19-11-10-18-32-17-4-2/h13-16,20-21,25H,3-12,17-19H2,1-2H3,(H,30,31). The van der Waals surface area contributed by atoms with E-state index in [1.165, 1.54) is 25.7 Å². The molecule has 0 radical (unpaired) electrons. The average molecular weight is 457 g/mol. The van der Waals surface area contributed by atoms with E-state index in [0.29, 0.717) is 24.4 Å². The molecule has 182 valence electrons. The van der Waals surface area contributed by atoms with Crippen LogP contribution in [-0.4, -0.2) is 40.9 Å². The van der Waals surface area contributed by atoms with Gasteiger partial charge < -0.3 is 14.6 Å². The van der Waals surface area contributed by atoms with Gasteiger partial charge in [-0.15, -0.1) is 0 Å². The van der Waals surface area contributed by atoms with Crippen molar-refractivity contribution in [2.45, 2.75) is 84.0 Å². The van der Waals surface area contributed by atoms with Crippen LogP contribution in [0, 0.1) is 0 Å². The molecule has 2 aromatic rings. The summed E-state index contributed by atoms with van der Waals surface area (Å²) in [4.78, 5) is 20.6. The third kappa shape index (κ3) is 10.3. The minimum Gasteiger partial charge on any atom is -0.494 e. The van der Waals surface area contributed by atoms with E-state index in [1.54, 1.807) is 12.4 Å². The maximum Gasteiger partial charge on any atom is 0.311 e. The number of carboxylic acids is 1. The first-order valence-electron chi connectivity index (χ1n) is 12.5. The molecule has 0 fully saturated rings. The van der Waals surface area contributed by atoms with Crippen molar-refractivity contribution in [1.29, 1.82) is 0 Å². The van der Waals surface area contributed by atoms with Crippen molar-refractivity contribution >= 4 is 5.97 Å². The number of ether oxygens (including phenoxy) is 2. The fraction of sp³-hybridized carbons (Fsp3) is 0.593. The summed E-state index contributed by atoms with van der Waals surface area (Å²) in [6.45, 7) is 6.57. The second-order valence-electron chi connectivity index (χ2n) is 8.48. The average Bonchev–Trinajstić information content (AvgIpc) is 2.83. The van der Waals surface area contributed by atoms with Gasteiger partial charge in [-0.05, 0) is 49.9 Å². The molecule has 0 saturated heterocycles. The molecule has 1 N–H and O–H groups in total. The number of carbonyl (C=O) groups is 1. The number of hydrogen-bond acceptors (Lipinski definition) is 5. The Kier molecular flexibility index (Phi) is 13.1. The molecule has 0 amide bonds. The van der Waals surface area contributed by atoms with Gasteiger partial charge in [0.2, 0.25) is 0 Å². The van der Waals surface area contributed by atoms with E-state index in [2.05, 4.69) is 23.8 Å². The molecule has 1 heterocycles. The van der Waals surface area contributed by atoms with Crippen LogP contribution >= 0.6 is 0 Å². The van der Waals surface area contributed by atoms with E-state index < -0.39 is 11.9 Å². The van der Waals surface area contributed by atoms with Gasteiger partial charge in [-0.25, -0.2) is 9.97 Å². The van der Waals surface area contributed by atoms with E-state index in [-0.39, 0.29) is 0 Å². The Labute approximate surface area is 198 Å². The number of unbranched alkanes of at least 4 members (excludes halogenated alkanes) is 6. The quantitative estimate of drug-likeness (QED) is 0.253. The van der Waals surface area contributed by atoms with Crippen molar-refractivity contribution in [3.8, 4) is 17.1 Å². The smallest absolute Gasteiger partial charge is 0.311 e. The van der Waals surface area contributed by atoms with Crippen LogP contribution in [-0.2, 0) is 9.53 Å². The summed E-state index contributed by atoms with van der Waals surface area (Å²) in [6.07, 6.45) is 13.8. The van der Waals surface area contributed by atoms with Crippen LogP contribution in [0.15, 0.2) is 36.7 Å². The molecular weight excluding hydrogens is 416 g/mol. The molecule has 0 aliphatic rings. The zero-order valence-electron chi connectivity index (χ0n) is 20.3. The molecule has 1 aromatic carbocycles. The second kappa shape index (κ2) is 16.2. The molecule has 33 heavy (non-hydrogen) atoms. The molecule has 0 spiro atoms. The van der Waals surface area contributed by atoms with Gasteiger partial charge in [0.1, 0.15) is 5.75 Å². The summed E-state index contributed by atoms with van der Waals surface area (Å²) in [5.41, 5.74) is 1.55. The molecule has 2 rings (SSSR count). The molecule has 0 aliphatic heterocycles. The van der Waals surface area contributed by atoms with Crippen LogP contribution in [0.1, 0.15) is 89.5 Å². The largest absolute Gasteiger partial charge is 0.494 e. The predicted octanol–water partition coefficient (Wildman–Crippen LogP) is 6.65. The first-order chi connectivity index (χ1) is 16.2. The summed E-state index contributed by atoms with van der Waals surface area (Å²) >= 11 is 0. The molecule has 0 bridgehead atoms. The summed E-state index contributed by atoms with van der Waals surface area (Å²) in [5, 5.41) is 9.65. The Hall–Kier alpha value is -2.47. The van der Waals surface area contributed by atoms with Crippen molar-refractivity contribution in [2.24, 2.45) is 0 Å². The lowest BCUT2D eigenvalue weighted by atomic mass is 9.95. The number of aromatic nitrogens is 2. The number of benzene rings is 1. The first kappa shape index (κ1) is 26.8. The van der Waals surface area contributed by atoms with E-state index >= 15 is 0 Å².